The molecule has 1 atom stereocenters. The molecule has 218 valence electrons. The van der Waals surface area contributed by atoms with Crippen LogP contribution < -0.4 is 22.1 Å². The van der Waals surface area contributed by atoms with Crippen molar-refractivity contribution >= 4 is 68.1 Å². The number of aliphatic carboxylic acids is 1. The molecule has 42 heavy (non-hydrogen) atoms. The highest BCUT2D eigenvalue weighted by molar-refractivity contribution is 8.76. The molecule has 3 aromatic heterocycles. The number of esters is 1. The maximum absolute atomic E-state index is 12.7. The van der Waals surface area contributed by atoms with Gasteiger partial charge in [-0.3, -0.25) is 9.59 Å². The topological polar surface area (TPSA) is 221 Å². The van der Waals surface area contributed by atoms with Crippen molar-refractivity contribution in [3.8, 4) is 0 Å². The van der Waals surface area contributed by atoms with Crippen molar-refractivity contribution in [3.63, 3.8) is 0 Å². The van der Waals surface area contributed by atoms with Crippen LogP contribution >= 0.6 is 21.6 Å². The summed E-state index contributed by atoms with van der Waals surface area (Å²) in [5.74, 6) is -1.68. The molecule has 0 bridgehead atoms. The number of amides is 1. The van der Waals surface area contributed by atoms with Crippen molar-refractivity contribution in [2.75, 3.05) is 29.1 Å². The predicted molar refractivity (Wildman–Crippen MR) is 159 cm³/mol. The van der Waals surface area contributed by atoms with Gasteiger partial charge in [0, 0.05) is 29.6 Å². The van der Waals surface area contributed by atoms with Gasteiger partial charge in [0.15, 0.2) is 17.0 Å². The van der Waals surface area contributed by atoms with Crippen LogP contribution in [0.1, 0.15) is 28.9 Å². The Kier molecular flexibility index (Phi) is 10.7. The first kappa shape index (κ1) is 30.3. The lowest BCUT2D eigenvalue weighted by Gasteiger charge is -2.14. The number of ether oxygens (including phenoxy) is 1. The quantitative estimate of drug-likeness (QED) is 0.0787. The number of benzene rings is 1. The third-order valence-corrected chi connectivity index (χ3v) is 7.80. The maximum Gasteiger partial charge on any atom is 0.326 e. The van der Waals surface area contributed by atoms with Crippen LogP contribution in [-0.4, -0.2) is 66.3 Å². The van der Waals surface area contributed by atoms with Crippen LogP contribution in [0.5, 0.6) is 0 Å². The van der Waals surface area contributed by atoms with Gasteiger partial charge in [0.05, 0.1) is 18.4 Å². The Morgan fingerprint density at radius 2 is 1.83 bits per heavy atom. The molecule has 14 nitrogen and oxygen atoms in total. The normalized spacial score (nSPS) is 11.5. The van der Waals surface area contributed by atoms with Crippen molar-refractivity contribution < 1.29 is 24.2 Å². The summed E-state index contributed by atoms with van der Waals surface area (Å²) in [5.41, 5.74) is 13.6. The fourth-order valence-corrected chi connectivity index (χ4v) is 5.23. The molecule has 0 saturated heterocycles. The molecule has 4 aromatic rings. The predicted octanol–water partition coefficient (Wildman–Crippen LogP) is 2.54. The summed E-state index contributed by atoms with van der Waals surface area (Å²) in [5, 5.41) is 16.0. The van der Waals surface area contributed by atoms with Crippen molar-refractivity contribution in [3.05, 3.63) is 66.1 Å². The lowest BCUT2D eigenvalue weighted by molar-refractivity contribution is -0.144. The Labute approximate surface area is 247 Å². The second-order valence-corrected chi connectivity index (χ2v) is 11.1. The van der Waals surface area contributed by atoms with E-state index in [1.165, 1.54) is 27.8 Å². The monoisotopic (exact) mass is 609 g/mol. The Morgan fingerprint density at radius 1 is 1.02 bits per heavy atom. The number of aromatic nitrogens is 5. The number of nitrogens with one attached hydrogen (secondary N) is 2. The zero-order valence-electron chi connectivity index (χ0n) is 22.1. The van der Waals surface area contributed by atoms with Crippen LogP contribution in [0, 0.1) is 0 Å². The Hall–Kier alpha value is -4.70. The number of hydrogen-bond acceptors (Lipinski definition) is 14. The number of rotatable bonds is 14. The minimum atomic E-state index is -1.25. The number of fused-ring (bicyclic) bond motifs is 1. The Balaban J connectivity index is 1.20. The standard InChI is InChI=1S/C26H27N9O5S2/c27-22-21-23(35-26(28)34-22)31-14-17(32-21)13-30-16-6-4-15(5-7-16)24(37)33-18(25(38)39)8-9-20(36)40-11-12-41-42-19-3-1-2-10-29-19/h1-7,10,14,18,30H,8-9,11-13H2,(H,33,37)(H,38,39)(H4,27,28,31,34,35). The molecule has 3 heterocycles. The number of anilines is 3. The lowest BCUT2D eigenvalue weighted by Crippen LogP contribution is -2.41. The Morgan fingerprint density at radius 3 is 2.57 bits per heavy atom. The first-order valence-electron chi connectivity index (χ1n) is 12.6. The minimum Gasteiger partial charge on any atom is -0.480 e. The van der Waals surface area contributed by atoms with Crippen LogP contribution in [-0.2, 0) is 20.9 Å². The van der Waals surface area contributed by atoms with Crippen LogP contribution in [0.15, 0.2) is 59.9 Å². The molecule has 1 unspecified atom stereocenters. The largest absolute Gasteiger partial charge is 0.480 e. The highest BCUT2D eigenvalue weighted by atomic mass is 33.1. The van der Waals surface area contributed by atoms with E-state index in [2.05, 4.69) is 35.6 Å². The van der Waals surface area contributed by atoms with Crippen LogP contribution in [0.3, 0.4) is 0 Å². The van der Waals surface area contributed by atoms with E-state index in [1.807, 2.05) is 18.2 Å². The van der Waals surface area contributed by atoms with E-state index in [9.17, 15) is 19.5 Å². The van der Waals surface area contributed by atoms with Gasteiger partial charge in [-0.15, -0.1) is 0 Å². The number of carbonyl (C=O) groups excluding carboxylic acids is 2. The number of hydrogen-bond donors (Lipinski definition) is 5. The number of carboxylic acid groups (broad SMARTS) is 1. The summed E-state index contributed by atoms with van der Waals surface area (Å²) in [6.45, 7) is 0.482. The first-order chi connectivity index (χ1) is 20.3. The zero-order chi connectivity index (χ0) is 29.9. The number of carboxylic acids is 1. The molecule has 0 saturated carbocycles. The second kappa shape index (κ2) is 14.8. The molecule has 1 amide bonds. The summed E-state index contributed by atoms with van der Waals surface area (Å²) in [7, 11) is 2.96. The molecule has 7 N–H and O–H groups in total. The molecule has 4 rings (SSSR count). The minimum absolute atomic E-state index is 0.0130. The highest BCUT2D eigenvalue weighted by Crippen LogP contribution is 2.28. The van der Waals surface area contributed by atoms with Gasteiger partial charge >= 0.3 is 11.9 Å². The van der Waals surface area contributed by atoms with Crippen molar-refractivity contribution in [2.45, 2.75) is 30.5 Å². The average molecular weight is 610 g/mol. The van der Waals surface area contributed by atoms with Gasteiger partial charge in [-0.1, -0.05) is 16.9 Å². The molecule has 1 aromatic carbocycles. The van der Waals surface area contributed by atoms with Crippen molar-refractivity contribution in [1.82, 2.24) is 30.2 Å². The molecule has 0 aliphatic heterocycles. The van der Waals surface area contributed by atoms with E-state index in [0.717, 1.165) is 5.03 Å². The molecule has 0 aliphatic carbocycles. The molecule has 0 radical (unpaired) electrons. The molecular formula is C26H27N9O5S2. The molecule has 0 spiro atoms. The van der Waals surface area contributed by atoms with Gasteiger partial charge in [0.25, 0.3) is 5.91 Å². The second-order valence-electron chi connectivity index (χ2n) is 8.63. The van der Waals surface area contributed by atoms with Gasteiger partial charge in [-0.05, 0) is 53.6 Å². The molecular weight excluding hydrogens is 582 g/mol. The zero-order valence-corrected chi connectivity index (χ0v) is 23.7. The SMILES string of the molecule is Nc1nc(N)c2nc(CNc3ccc(C(=O)NC(CCC(=O)OCCSSc4ccccn4)C(=O)O)cc3)cnc2n1. The third kappa shape index (κ3) is 8.90. The molecule has 0 fully saturated rings. The fourth-order valence-electron chi connectivity index (χ4n) is 3.52. The smallest absolute Gasteiger partial charge is 0.326 e. The van der Waals surface area contributed by atoms with Gasteiger partial charge in [-0.2, -0.15) is 9.97 Å². The van der Waals surface area contributed by atoms with E-state index < -0.39 is 23.9 Å². The summed E-state index contributed by atoms with van der Waals surface area (Å²) in [6.07, 6.45) is 2.97. The third-order valence-electron chi connectivity index (χ3n) is 5.57. The number of nitrogen functional groups attached to an aromatic ring is 2. The number of nitrogens with zero attached hydrogens (tertiary/aromatic N) is 5. The van der Waals surface area contributed by atoms with E-state index in [0.29, 0.717) is 34.8 Å². The van der Waals surface area contributed by atoms with Gasteiger partial charge in [0.2, 0.25) is 5.95 Å². The van der Waals surface area contributed by atoms with E-state index in [4.69, 9.17) is 16.2 Å². The fraction of sp³-hybridized carbons (Fsp3) is 0.231. The summed E-state index contributed by atoms with van der Waals surface area (Å²) < 4.78 is 5.17. The number of pyridine rings is 1. The van der Waals surface area contributed by atoms with Gasteiger partial charge in [0.1, 0.15) is 17.7 Å². The summed E-state index contributed by atoms with van der Waals surface area (Å²) >= 11 is 0. The average Bonchev–Trinajstić information content (AvgIpc) is 2.98. The summed E-state index contributed by atoms with van der Waals surface area (Å²) in [4.78, 5) is 57.1. The number of carbonyl (C=O) groups is 3. The van der Waals surface area contributed by atoms with Crippen molar-refractivity contribution in [2.24, 2.45) is 0 Å². The molecule has 16 heteroatoms. The Bertz CT molecular complexity index is 1540. The van der Waals surface area contributed by atoms with Crippen LogP contribution in [0.25, 0.3) is 11.2 Å². The van der Waals surface area contributed by atoms with E-state index in [1.54, 1.807) is 30.5 Å². The maximum atomic E-state index is 12.7. The van der Waals surface area contributed by atoms with Crippen molar-refractivity contribution in [1.29, 1.82) is 0 Å². The van der Waals surface area contributed by atoms with E-state index in [-0.39, 0.29) is 36.8 Å². The van der Waals surface area contributed by atoms with Gasteiger partial charge < -0.3 is 31.9 Å². The summed E-state index contributed by atoms with van der Waals surface area (Å²) in [6, 6.07) is 10.8. The van der Waals surface area contributed by atoms with Crippen LogP contribution in [0.4, 0.5) is 17.5 Å². The number of nitrogens with two attached hydrogens (primary N) is 2. The first-order valence-corrected chi connectivity index (χ1v) is 14.9. The lowest BCUT2D eigenvalue weighted by atomic mass is 10.1. The highest BCUT2D eigenvalue weighted by Gasteiger charge is 2.22. The van der Waals surface area contributed by atoms with Gasteiger partial charge in [-0.25, -0.2) is 19.7 Å². The van der Waals surface area contributed by atoms with E-state index >= 15 is 0 Å². The van der Waals surface area contributed by atoms with Crippen LogP contribution in [0.2, 0.25) is 0 Å². The molecule has 0 aliphatic rings.